The summed E-state index contributed by atoms with van der Waals surface area (Å²) in [7, 11) is 0. The van der Waals surface area contributed by atoms with Crippen molar-refractivity contribution < 1.29 is 8.78 Å². The highest BCUT2D eigenvalue weighted by Crippen LogP contribution is 2.19. The van der Waals surface area contributed by atoms with Crippen LogP contribution in [0.1, 0.15) is 16.7 Å². The number of hydrogen-bond acceptors (Lipinski definition) is 5. The molecule has 0 atom stereocenters. The van der Waals surface area contributed by atoms with Gasteiger partial charge in [-0.15, -0.1) is 0 Å². The van der Waals surface area contributed by atoms with E-state index >= 15 is 0 Å². The fourth-order valence-corrected chi connectivity index (χ4v) is 2.36. The van der Waals surface area contributed by atoms with Gasteiger partial charge in [-0.25, -0.2) is 19.2 Å². The summed E-state index contributed by atoms with van der Waals surface area (Å²) in [6.45, 7) is 1.45. The topological polar surface area (TPSA) is 93.9 Å². The van der Waals surface area contributed by atoms with Crippen molar-refractivity contribution in [3.63, 3.8) is 0 Å². The number of anilines is 1. The third-order valence-electron chi connectivity index (χ3n) is 3.76. The highest BCUT2D eigenvalue weighted by molar-refractivity contribution is 5.80. The van der Waals surface area contributed by atoms with Gasteiger partial charge in [0.2, 0.25) is 5.95 Å². The van der Waals surface area contributed by atoms with Crippen molar-refractivity contribution in [2.45, 2.75) is 6.92 Å². The normalized spacial score (nSPS) is 10.7. The van der Waals surface area contributed by atoms with E-state index in [-0.39, 0.29) is 28.3 Å². The molecular weight excluding hydrogens is 352 g/mol. The molecular formula is C19H13F2N5O. The fraction of sp³-hybridized carbons (Fsp3) is 0.0526. The lowest BCUT2D eigenvalue weighted by Gasteiger charge is -2.06. The Kier molecular flexibility index (Phi) is 5.04. The van der Waals surface area contributed by atoms with Crippen LogP contribution in [0.3, 0.4) is 0 Å². The van der Waals surface area contributed by atoms with E-state index in [0.29, 0.717) is 5.56 Å². The van der Waals surface area contributed by atoms with E-state index in [1.807, 2.05) is 6.07 Å². The molecule has 1 aromatic heterocycles. The van der Waals surface area contributed by atoms with Gasteiger partial charge in [-0.1, -0.05) is 36.4 Å². The second-order valence-corrected chi connectivity index (χ2v) is 5.59. The largest absolute Gasteiger partial charge is 0.290 e. The number of nitriles is 1. The molecule has 0 aliphatic carbocycles. The molecule has 27 heavy (non-hydrogen) atoms. The Bertz CT molecular complexity index is 1120. The number of aromatic amines is 1. The number of aromatic nitrogens is 2. The molecule has 3 rings (SSSR count). The van der Waals surface area contributed by atoms with Gasteiger partial charge in [-0.3, -0.25) is 9.78 Å². The quantitative estimate of drug-likeness (QED) is 0.548. The van der Waals surface area contributed by atoms with E-state index in [2.05, 4.69) is 20.5 Å². The van der Waals surface area contributed by atoms with Crippen molar-refractivity contribution in [2.75, 3.05) is 5.43 Å². The minimum atomic E-state index is -1.02. The minimum absolute atomic E-state index is 0.0397. The number of halogens is 2. The number of hydrazone groups is 1. The maximum Gasteiger partial charge on any atom is 0.270 e. The van der Waals surface area contributed by atoms with E-state index in [4.69, 9.17) is 0 Å². The summed E-state index contributed by atoms with van der Waals surface area (Å²) < 4.78 is 27.4. The third kappa shape index (κ3) is 3.72. The molecule has 0 aliphatic rings. The molecule has 0 radical (unpaired) electrons. The predicted octanol–water partition coefficient (Wildman–Crippen LogP) is 3.34. The van der Waals surface area contributed by atoms with Crippen LogP contribution in [0.5, 0.6) is 0 Å². The summed E-state index contributed by atoms with van der Waals surface area (Å²) in [5, 5.41) is 13.0. The van der Waals surface area contributed by atoms with Gasteiger partial charge in [0.1, 0.15) is 11.6 Å². The van der Waals surface area contributed by atoms with Gasteiger partial charge < -0.3 is 0 Å². The summed E-state index contributed by atoms with van der Waals surface area (Å²) in [6.07, 6.45) is 1.07. The van der Waals surface area contributed by atoms with Crippen LogP contribution in [-0.4, -0.2) is 16.2 Å². The summed E-state index contributed by atoms with van der Waals surface area (Å²) in [4.78, 5) is 18.7. The smallest absolute Gasteiger partial charge is 0.270 e. The number of benzene rings is 2. The van der Waals surface area contributed by atoms with Gasteiger partial charge >= 0.3 is 0 Å². The lowest BCUT2D eigenvalue weighted by Crippen LogP contribution is -2.16. The molecule has 2 aromatic carbocycles. The Morgan fingerprint density at radius 1 is 1.19 bits per heavy atom. The summed E-state index contributed by atoms with van der Waals surface area (Å²) >= 11 is 0. The van der Waals surface area contributed by atoms with Crippen molar-refractivity contribution in [1.82, 2.24) is 9.97 Å². The maximum absolute atomic E-state index is 13.8. The van der Waals surface area contributed by atoms with Crippen molar-refractivity contribution in [3.8, 4) is 17.3 Å². The highest BCUT2D eigenvalue weighted by Gasteiger charge is 2.13. The highest BCUT2D eigenvalue weighted by atomic mass is 19.2. The van der Waals surface area contributed by atoms with Crippen LogP contribution in [0.15, 0.2) is 52.4 Å². The zero-order valence-corrected chi connectivity index (χ0v) is 14.1. The first-order chi connectivity index (χ1) is 13.0. The van der Waals surface area contributed by atoms with E-state index < -0.39 is 17.2 Å². The molecule has 0 bridgehead atoms. The Morgan fingerprint density at radius 3 is 2.63 bits per heavy atom. The van der Waals surface area contributed by atoms with Gasteiger partial charge in [0.05, 0.1) is 11.9 Å². The first kappa shape index (κ1) is 17.9. The molecule has 6 nitrogen and oxygen atoms in total. The van der Waals surface area contributed by atoms with Gasteiger partial charge in [-0.05, 0) is 18.6 Å². The standard InChI is InChI=1S/C19H13F2N5O/c1-11-7-8-13(16(21)15(11)20)10-23-26-19-24-17(12-5-3-2-4-6-12)14(9-22)18(27)25-19/h2-8,10H,1H3,(H2,24,25,26,27). The van der Waals surface area contributed by atoms with E-state index in [0.717, 1.165) is 6.21 Å². The second kappa shape index (κ2) is 7.58. The monoisotopic (exact) mass is 365 g/mol. The molecule has 3 aromatic rings. The molecule has 2 N–H and O–H groups in total. The Morgan fingerprint density at radius 2 is 1.93 bits per heavy atom. The number of aryl methyl sites for hydroxylation is 1. The van der Waals surface area contributed by atoms with Crippen LogP contribution in [0.2, 0.25) is 0 Å². The molecule has 0 fully saturated rings. The number of nitrogens with zero attached hydrogens (tertiary/aromatic N) is 3. The molecule has 1 heterocycles. The van der Waals surface area contributed by atoms with E-state index in [1.54, 1.807) is 30.3 Å². The van der Waals surface area contributed by atoms with Gasteiger partial charge in [0.15, 0.2) is 11.6 Å². The maximum atomic E-state index is 13.8. The van der Waals surface area contributed by atoms with Gasteiger partial charge in [0.25, 0.3) is 5.56 Å². The van der Waals surface area contributed by atoms with Crippen molar-refractivity contribution >= 4 is 12.2 Å². The summed E-state index contributed by atoms with van der Waals surface area (Å²) in [5.74, 6) is -2.01. The van der Waals surface area contributed by atoms with Crippen LogP contribution in [-0.2, 0) is 0 Å². The molecule has 0 amide bonds. The molecule has 0 spiro atoms. The molecule has 8 heteroatoms. The molecule has 134 valence electrons. The van der Waals surface area contributed by atoms with Crippen LogP contribution >= 0.6 is 0 Å². The molecule has 0 unspecified atom stereocenters. The van der Waals surface area contributed by atoms with E-state index in [1.165, 1.54) is 19.1 Å². The Labute approximate surface area is 152 Å². The SMILES string of the molecule is Cc1ccc(C=NNc2nc(-c3ccccc3)c(C#N)c(=O)[nH]2)c(F)c1F. The van der Waals surface area contributed by atoms with Gasteiger partial charge in [0, 0.05) is 11.1 Å². The fourth-order valence-electron chi connectivity index (χ4n) is 2.36. The average molecular weight is 365 g/mol. The second-order valence-electron chi connectivity index (χ2n) is 5.59. The van der Waals surface area contributed by atoms with Crippen LogP contribution < -0.4 is 11.0 Å². The third-order valence-corrected chi connectivity index (χ3v) is 3.76. The average Bonchev–Trinajstić information content (AvgIpc) is 2.68. The first-order valence-corrected chi connectivity index (χ1v) is 7.84. The Balaban J connectivity index is 1.93. The van der Waals surface area contributed by atoms with E-state index in [9.17, 15) is 18.8 Å². The molecule has 0 saturated heterocycles. The predicted molar refractivity (Wildman–Crippen MR) is 97.3 cm³/mol. The molecule has 0 saturated carbocycles. The van der Waals surface area contributed by atoms with Gasteiger partial charge in [-0.2, -0.15) is 10.4 Å². The zero-order valence-electron chi connectivity index (χ0n) is 14.1. The lowest BCUT2D eigenvalue weighted by molar-refractivity contribution is 0.502. The lowest BCUT2D eigenvalue weighted by atomic mass is 10.1. The van der Waals surface area contributed by atoms with Crippen molar-refractivity contribution in [2.24, 2.45) is 5.10 Å². The molecule has 0 aliphatic heterocycles. The van der Waals surface area contributed by atoms with Crippen molar-refractivity contribution in [3.05, 3.63) is 81.1 Å². The number of H-pyrrole nitrogens is 1. The summed E-state index contributed by atoms with van der Waals surface area (Å²) in [5.41, 5.74) is 2.57. The first-order valence-electron chi connectivity index (χ1n) is 7.84. The van der Waals surface area contributed by atoms with Crippen LogP contribution in [0, 0.1) is 29.9 Å². The van der Waals surface area contributed by atoms with Crippen LogP contribution in [0.4, 0.5) is 14.7 Å². The Hall–Kier alpha value is -3.86. The minimum Gasteiger partial charge on any atom is -0.290 e. The van der Waals surface area contributed by atoms with Crippen LogP contribution in [0.25, 0.3) is 11.3 Å². The summed E-state index contributed by atoms with van der Waals surface area (Å²) in [6, 6.07) is 13.3. The zero-order chi connectivity index (χ0) is 19.4. The number of rotatable bonds is 4. The number of hydrogen-bond donors (Lipinski definition) is 2. The number of nitrogens with one attached hydrogen (secondary N) is 2. The van der Waals surface area contributed by atoms with Crippen molar-refractivity contribution in [1.29, 1.82) is 5.26 Å².